The van der Waals surface area contributed by atoms with Crippen molar-refractivity contribution in [3.63, 3.8) is 0 Å². The van der Waals surface area contributed by atoms with Crippen LogP contribution in [-0.4, -0.2) is 125 Å². The monoisotopic (exact) mass is 798 g/mol. The number of fused-ring (bicyclic) bond motifs is 1. The van der Waals surface area contributed by atoms with Gasteiger partial charge in [0, 0.05) is 61.0 Å². The largest absolute Gasteiger partial charge is 0.477 e. The first-order valence-corrected chi connectivity index (χ1v) is 18.1. The summed E-state index contributed by atoms with van der Waals surface area (Å²) in [6.45, 7) is 1.01. The highest BCUT2D eigenvalue weighted by Crippen LogP contribution is 2.31. The molecule has 294 valence electrons. The molecule has 5 amide bonds. The van der Waals surface area contributed by atoms with Crippen LogP contribution in [0.3, 0.4) is 0 Å². The highest BCUT2D eigenvalue weighted by molar-refractivity contribution is 6.41. The van der Waals surface area contributed by atoms with Crippen LogP contribution in [0.2, 0.25) is 5.02 Å². The van der Waals surface area contributed by atoms with Crippen LogP contribution in [0.5, 0.6) is 0 Å². The van der Waals surface area contributed by atoms with E-state index in [0.717, 1.165) is 6.07 Å². The number of aliphatic hydroxyl groups excluding tert-OH is 1. The van der Waals surface area contributed by atoms with Crippen LogP contribution in [0.25, 0.3) is 16.6 Å². The van der Waals surface area contributed by atoms with Crippen molar-refractivity contribution >= 4 is 75.4 Å². The summed E-state index contributed by atoms with van der Waals surface area (Å²) in [5.41, 5.74) is 1.51. The molecule has 20 heteroatoms. The summed E-state index contributed by atoms with van der Waals surface area (Å²) in [6, 6.07) is 15.2. The first-order valence-electron chi connectivity index (χ1n) is 17.8. The van der Waals surface area contributed by atoms with Crippen molar-refractivity contribution in [3.8, 4) is 5.69 Å². The van der Waals surface area contributed by atoms with E-state index in [1.165, 1.54) is 45.1 Å². The number of tetrazole rings is 1. The van der Waals surface area contributed by atoms with Gasteiger partial charge in [0.1, 0.15) is 18.1 Å². The second-order valence-electron chi connectivity index (χ2n) is 13.5. The van der Waals surface area contributed by atoms with Gasteiger partial charge in [-0.15, -0.1) is 5.10 Å². The molecule has 0 aliphatic carbocycles. The Bertz CT molecular complexity index is 2380. The smallest absolute Gasteiger partial charge is 0.416 e. The van der Waals surface area contributed by atoms with Gasteiger partial charge < -0.3 is 40.7 Å². The molecule has 0 radical (unpaired) electrons. The number of piperazine rings is 1. The molecule has 19 nitrogen and oxygen atoms in total. The summed E-state index contributed by atoms with van der Waals surface area (Å²) in [4.78, 5) is 82.6. The van der Waals surface area contributed by atoms with Crippen molar-refractivity contribution in [2.24, 2.45) is 5.92 Å². The lowest BCUT2D eigenvalue weighted by Crippen LogP contribution is -2.60. The van der Waals surface area contributed by atoms with E-state index < -0.39 is 41.5 Å². The topological polar surface area (TPSA) is 245 Å². The summed E-state index contributed by atoms with van der Waals surface area (Å²) in [6.07, 6.45) is 1.17. The number of carboxylic acid groups (broad SMARTS) is 2. The number of nitrogens with one attached hydrogen (secondary N) is 2. The number of piperidine rings is 1. The molecule has 57 heavy (non-hydrogen) atoms. The normalized spacial score (nSPS) is 15.5. The lowest BCUT2D eigenvalue weighted by atomic mass is 9.98. The molecular formula is C37H35ClN10O9. The van der Waals surface area contributed by atoms with Gasteiger partial charge in [0.2, 0.25) is 5.91 Å². The fourth-order valence-corrected chi connectivity index (χ4v) is 7.22. The van der Waals surface area contributed by atoms with Crippen LogP contribution >= 0.6 is 11.6 Å². The molecule has 7 rings (SSSR count). The summed E-state index contributed by atoms with van der Waals surface area (Å²) in [5.74, 6) is -3.88. The molecule has 0 spiro atoms. The SMILES string of the molecule is O=C(O)c1cc2cc(NC(=O)[C@H](Cc3ccc(NC(=O)N4CCC(CO)CC4)cc3)N3CCN(c4cc(Cl)ccc4-n4cnnn4)C(=O)C3=O)ccc2n1C(=O)O. The highest BCUT2D eigenvalue weighted by Gasteiger charge is 2.41. The third kappa shape index (κ3) is 7.96. The Morgan fingerprint density at radius 3 is 2.25 bits per heavy atom. The minimum atomic E-state index is -1.50. The van der Waals surface area contributed by atoms with Gasteiger partial charge in [-0.1, -0.05) is 23.7 Å². The number of nitrogens with zero attached hydrogens (tertiary/aromatic N) is 8. The van der Waals surface area contributed by atoms with Gasteiger partial charge in [0.15, 0.2) is 0 Å². The fourth-order valence-electron chi connectivity index (χ4n) is 7.05. The summed E-state index contributed by atoms with van der Waals surface area (Å²) in [7, 11) is 0. The fraction of sp³-hybridized carbons (Fsp3) is 0.270. The number of likely N-dealkylation sites (tertiary alicyclic amines) is 1. The van der Waals surface area contributed by atoms with E-state index in [-0.39, 0.29) is 60.3 Å². The van der Waals surface area contributed by atoms with Crippen molar-refractivity contribution in [1.29, 1.82) is 0 Å². The quantitative estimate of drug-likeness (QED) is 0.128. The highest BCUT2D eigenvalue weighted by atomic mass is 35.5. The minimum Gasteiger partial charge on any atom is -0.477 e. The summed E-state index contributed by atoms with van der Waals surface area (Å²) in [5, 5.41) is 45.9. The number of rotatable bonds is 10. The van der Waals surface area contributed by atoms with Crippen molar-refractivity contribution in [2.45, 2.75) is 25.3 Å². The van der Waals surface area contributed by atoms with E-state index in [4.69, 9.17) is 11.6 Å². The van der Waals surface area contributed by atoms with Crippen LogP contribution in [0.15, 0.2) is 73.1 Å². The van der Waals surface area contributed by atoms with Gasteiger partial charge in [-0.2, -0.15) is 4.68 Å². The van der Waals surface area contributed by atoms with E-state index in [0.29, 0.717) is 52.5 Å². The van der Waals surface area contributed by atoms with Crippen LogP contribution in [0, 0.1) is 5.92 Å². The zero-order valence-electron chi connectivity index (χ0n) is 30.0. The second-order valence-corrected chi connectivity index (χ2v) is 14.0. The number of hydrogen-bond acceptors (Lipinski definition) is 10. The molecule has 0 unspecified atom stereocenters. The number of carbonyl (C=O) groups is 6. The van der Waals surface area contributed by atoms with E-state index in [1.807, 2.05) is 0 Å². The van der Waals surface area contributed by atoms with E-state index in [2.05, 4.69) is 26.2 Å². The number of carbonyl (C=O) groups excluding carboxylic acids is 4. The Morgan fingerprint density at radius 2 is 1.58 bits per heavy atom. The third-order valence-electron chi connectivity index (χ3n) is 10.0. The molecule has 5 aromatic rings. The van der Waals surface area contributed by atoms with Gasteiger partial charge in [-0.25, -0.2) is 19.0 Å². The average Bonchev–Trinajstić information content (AvgIpc) is 3.88. The number of halogens is 1. The first kappa shape index (κ1) is 38.4. The number of aliphatic hydroxyl groups is 1. The lowest BCUT2D eigenvalue weighted by molar-refractivity contribution is -0.149. The Labute approximate surface area is 328 Å². The number of urea groups is 1. The maximum Gasteiger partial charge on any atom is 0.416 e. The molecule has 0 saturated carbocycles. The number of carboxylic acids is 1. The molecule has 5 N–H and O–H groups in total. The van der Waals surface area contributed by atoms with Gasteiger partial charge in [-0.3, -0.25) is 14.4 Å². The lowest BCUT2D eigenvalue weighted by Gasteiger charge is -2.38. The second kappa shape index (κ2) is 16.1. The van der Waals surface area contributed by atoms with E-state index >= 15 is 0 Å². The van der Waals surface area contributed by atoms with Crippen LogP contribution in [-0.2, 0) is 20.8 Å². The summed E-state index contributed by atoms with van der Waals surface area (Å²) < 4.78 is 1.93. The molecule has 2 saturated heterocycles. The molecule has 3 aromatic carbocycles. The maximum absolute atomic E-state index is 14.2. The van der Waals surface area contributed by atoms with Crippen molar-refractivity contribution in [2.75, 3.05) is 48.3 Å². The maximum atomic E-state index is 14.2. The number of aromatic nitrogens is 5. The minimum absolute atomic E-state index is 0.0308. The predicted octanol–water partition coefficient (Wildman–Crippen LogP) is 3.16. The van der Waals surface area contributed by atoms with E-state index in [9.17, 15) is 44.1 Å². The molecule has 2 fully saturated rings. The molecule has 1 atom stereocenters. The number of aromatic carboxylic acids is 1. The van der Waals surface area contributed by atoms with Crippen molar-refractivity contribution < 1.29 is 44.1 Å². The summed E-state index contributed by atoms with van der Waals surface area (Å²) >= 11 is 6.30. The average molecular weight is 799 g/mol. The number of amides is 5. The van der Waals surface area contributed by atoms with Crippen LogP contribution in [0.4, 0.5) is 26.7 Å². The Morgan fingerprint density at radius 1 is 0.842 bits per heavy atom. The first-order chi connectivity index (χ1) is 27.4. The molecule has 2 aliphatic heterocycles. The van der Waals surface area contributed by atoms with E-state index in [1.54, 1.807) is 41.3 Å². The van der Waals surface area contributed by atoms with Gasteiger partial charge in [0.05, 0.1) is 16.9 Å². The van der Waals surface area contributed by atoms with Gasteiger partial charge in [0.25, 0.3) is 0 Å². The zero-order chi connectivity index (χ0) is 40.4. The number of hydrogen-bond donors (Lipinski definition) is 5. The van der Waals surface area contributed by atoms with Crippen LogP contribution < -0.4 is 15.5 Å². The molecule has 2 aromatic heterocycles. The molecule has 4 heterocycles. The third-order valence-corrected chi connectivity index (χ3v) is 10.3. The molecule has 0 bridgehead atoms. The number of benzene rings is 3. The zero-order valence-corrected chi connectivity index (χ0v) is 30.7. The molecule has 2 aliphatic rings. The van der Waals surface area contributed by atoms with Crippen molar-refractivity contribution in [1.82, 2.24) is 34.6 Å². The van der Waals surface area contributed by atoms with Gasteiger partial charge >= 0.3 is 29.9 Å². The standard InChI is InChI=1S/C37H35ClN10O9/c38-24-3-7-28(47-20-39-42-43-47)29(18-24)45-13-14-46(34(52)33(45)51)30(15-21-1-4-25(5-2-21)41-36(55)44-11-9-22(19-49)10-12-44)32(50)40-26-6-8-27-23(16-26)17-31(35(53)54)48(27)37(56)57/h1-8,16-18,20,22,30,49H,9-15,19H2,(H,40,50)(H,41,55)(H,53,54)(H,56,57)/t30-/m0/s1. The van der Waals surface area contributed by atoms with Crippen molar-refractivity contribution in [3.05, 3.63) is 89.3 Å². The Balaban J connectivity index is 1.14. The Hall–Kier alpha value is -6.86. The van der Waals surface area contributed by atoms with Crippen LogP contribution in [0.1, 0.15) is 28.9 Å². The predicted molar refractivity (Wildman–Crippen MR) is 204 cm³/mol. The Kier molecular flexibility index (Phi) is 10.8. The molecular weight excluding hydrogens is 764 g/mol. The van der Waals surface area contributed by atoms with Gasteiger partial charge in [-0.05, 0) is 89.3 Å². The number of anilines is 3.